The van der Waals surface area contributed by atoms with E-state index in [0.29, 0.717) is 43.2 Å². The molecule has 2 aromatic carbocycles. The maximum absolute atomic E-state index is 13.1. The van der Waals surface area contributed by atoms with Gasteiger partial charge in [-0.3, -0.25) is 9.59 Å². The van der Waals surface area contributed by atoms with Crippen LogP contribution in [0.5, 0.6) is 11.5 Å². The second-order valence-electron chi connectivity index (χ2n) is 9.28. The zero-order chi connectivity index (χ0) is 27.5. The quantitative estimate of drug-likeness (QED) is 0.294. The number of nitrogens with zero attached hydrogens (tertiary/aromatic N) is 2. The van der Waals surface area contributed by atoms with E-state index in [4.69, 9.17) is 9.47 Å². The summed E-state index contributed by atoms with van der Waals surface area (Å²) in [7, 11) is 1.58. The molecule has 9 heteroatoms. The summed E-state index contributed by atoms with van der Waals surface area (Å²) in [6.07, 6.45) is 2.09. The second kappa shape index (κ2) is 14.3. The summed E-state index contributed by atoms with van der Waals surface area (Å²) in [5, 5.41) is 21.6. The molecule has 0 aliphatic heterocycles. The molecule has 1 heterocycles. The Morgan fingerprint density at radius 3 is 2.47 bits per heavy atom. The average molecular weight is 523 g/mol. The monoisotopic (exact) mass is 522 g/mol. The van der Waals surface area contributed by atoms with Gasteiger partial charge in [0.05, 0.1) is 31.8 Å². The number of aromatic amines is 1. The van der Waals surface area contributed by atoms with Crippen LogP contribution in [-0.4, -0.2) is 46.0 Å². The maximum atomic E-state index is 13.1. The van der Waals surface area contributed by atoms with Gasteiger partial charge in [-0.15, -0.1) is 10.2 Å². The summed E-state index contributed by atoms with van der Waals surface area (Å²) in [6, 6.07) is 14.9. The number of aliphatic hydroxyl groups is 1. The minimum absolute atomic E-state index is 0.142. The van der Waals surface area contributed by atoms with Crippen molar-refractivity contribution in [1.29, 1.82) is 0 Å². The zero-order valence-electron chi connectivity index (χ0n) is 22.6. The number of amides is 1. The lowest BCUT2D eigenvalue weighted by Gasteiger charge is -2.23. The molecule has 3 rings (SSSR count). The average Bonchev–Trinajstić information content (AvgIpc) is 2.91. The van der Waals surface area contributed by atoms with Crippen LogP contribution >= 0.6 is 0 Å². The molecule has 3 atom stereocenters. The number of rotatable bonds is 14. The van der Waals surface area contributed by atoms with Crippen molar-refractivity contribution in [3.8, 4) is 11.5 Å². The maximum Gasteiger partial charge on any atom is 0.275 e. The van der Waals surface area contributed by atoms with Crippen LogP contribution in [-0.2, 0) is 17.6 Å². The zero-order valence-corrected chi connectivity index (χ0v) is 22.6. The van der Waals surface area contributed by atoms with E-state index in [1.165, 1.54) is 5.56 Å². The molecule has 0 spiro atoms. The number of aliphatic hydroxyl groups excluding tert-OH is 1. The first kappa shape index (κ1) is 28.8. The third kappa shape index (κ3) is 7.89. The molecule has 0 aliphatic rings. The number of nitrogens with one attached hydrogen (secondary N) is 2. The third-order valence-electron chi connectivity index (χ3n) is 6.47. The minimum atomic E-state index is -0.818. The number of aryl methyl sites for hydroxylation is 1. The lowest BCUT2D eigenvalue weighted by atomic mass is 9.94. The molecule has 0 fully saturated rings. The first-order valence-electron chi connectivity index (χ1n) is 13.1. The highest BCUT2D eigenvalue weighted by atomic mass is 16.5. The van der Waals surface area contributed by atoms with Crippen molar-refractivity contribution in [2.24, 2.45) is 5.92 Å². The molecular formula is C29H38N4O5. The van der Waals surface area contributed by atoms with E-state index in [1.54, 1.807) is 20.1 Å². The molecule has 0 bridgehead atoms. The predicted octanol–water partition coefficient (Wildman–Crippen LogP) is 3.75. The smallest absolute Gasteiger partial charge is 0.275 e. The molecule has 0 saturated heterocycles. The lowest BCUT2D eigenvalue weighted by Crippen LogP contribution is -2.40. The number of aromatic nitrogens is 3. The number of ether oxygens (including phenoxy) is 2. The summed E-state index contributed by atoms with van der Waals surface area (Å²) in [6.45, 7) is 5.87. The van der Waals surface area contributed by atoms with Crippen LogP contribution in [0, 0.1) is 5.92 Å². The Morgan fingerprint density at radius 1 is 1.08 bits per heavy atom. The molecule has 3 aromatic rings. The standard InChI is InChI=1S/C29H38N4O5/c1-5-23(30-28(35)22(19(3)34)14-10-13-20-11-8-7-9-12-20)27-29(36)31-26(32-33-27)18-21-15-16-24(37-4)25(17-21)38-6-2/h7-9,11-12,15-17,19,22-23,34H,5-6,10,13-14,18H2,1-4H3,(H,30,35)(H,31,32,36). The van der Waals surface area contributed by atoms with Gasteiger partial charge in [0, 0.05) is 6.42 Å². The fourth-order valence-corrected chi connectivity index (χ4v) is 4.38. The van der Waals surface area contributed by atoms with E-state index < -0.39 is 23.6 Å². The first-order valence-corrected chi connectivity index (χ1v) is 13.1. The Balaban J connectivity index is 1.67. The Hall–Kier alpha value is -3.72. The van der Waals surface area contributed by atoms with Crippen LogP contribution < -0.4 is 20.3 Å². The van der Waals surface area contributed by atoms with E-state index in [-0.39, 0.29) is 11.6 Å². The molecule has 9 nitrogen and oxygen atoms in total. The van der Waals surface area contributed by atoms with Crippen molar-refractivity contribution >= 4 is 5.91 Å². The number of carbonyl (C=O) groups excluding carboxylic acids is 1. The fourth-order valence-electron chi connectivity index (χ4n) is 4.38. The molecule has 0 saturated carbocycles. The highest BCUT2D eigenvalue weighted by molar-refractivity contribution is 5.79. The second-order valence-corrected chi connectivity index (χ2v) is 9.28. The van der Waals surface area contributed by atoms with Crippen molar-refractivity contribution in [2.75, 3.05) is 13.7 Å². The van der Waals surface area contributed by atoms with Gasteiger partial charge in [0.15, 0.2) is 17.2 Å². The van der Waals surface area contributed by atoms with Gasteiger partial charge in [-0.1, -0.05) is 43.3 Å². The topological polar surface area (TPSA) is 126 Å². The van der Waals surface area contributed by atoms with Crippen molar-refractivity contribution in [1.82, 2.24) is 20.5 Å². The summed E-state index contributed by atoms with van der Waals surface area (Å²) in [5.41, 5.74) is 1.80. The molecular weight excluding hydrogens is 484 g/mol. The van der Waals surface area contributed by atoms with Gasteiger partial charge < -0.3 is 24.9 Å². The minimum Gasteiger partial charge on any atom is -0.493 e. The summed E-state index contributed by atoms with van der Waals surface area (Å²) < 4.78 is 10.9. The van der Waals surface area contributed by atoms with E-state index in [9.17, 15) is 14.7 Å². The Labute approximate surface area is 223 Å². The molecule has 1 amide bonds. The number of benzene rings is 2. The number of carbonyl (C=O) groups is 1. The van der Waals surface area contributed by atoms with E-state index in [0.717, 1.165) is 18.4 Å². The van der Waals surface area contributed by atoms with Gasteiger partial charge in [-0.25, -0.2) is 0 Å². The Kier molecular flexibility index (Phi) is 10.8. The van der Waals surface area contributed by atoms with E-state index in [2.05, 4.69) is 20.5 Å². The molecule has 0 radical (unpaired) electrons. The van der Waals surface area contributed by atoms with Crippen LogP contribution in [0.1, 0.15) is 68.7 Å². The Morgan fingerprint density at radius 2 is 1.84 bits per heavy atom. The molecule has 3 unspecified atom stereocenters. The summed E-state index contributed by atoms with van der Waals surface area (Å²) >= 11 is 0. The fraction of sp³-hybridized carbons (Fsp3) is 0.448. The predicted molar refractivity (Wildman–Crippen MR) is 145 cm³/mol. The van der Waals surface area contributed by atoms with Crippen molar-refractivity contribution in [3.05, 3.63) is 81.5 Å². The molecule has 0 aliphatic carbocycles. The van der Waals surface area contributed by atoms with Crippen LogP contribution in [0.4, 0.5) is 0 Å². The van der Waals surface area contributed by atoms with Crippen LogP contribution in [0.25, 0.3) is 0 Å². The van der Waals surface area contributed by atoms with Gasteiger partial charge in [0.1, 0.15) is 5.82 Å². The van der Waals surface area contributed by atoms with Gasteiger partial charge >= 0.3 is 0 Å². The third-order valence-corrected chi connectivity index (χ3v) is 6.47. The van der Waals surface area contributed by atoms with Gasteiger partial charge in [0.2, 0.25) is 5.91 Å². The molecule has 38 heavy (non-hydrogen) atoms. The number of methoxy groups -OCH3 is 1. The highest BCUT2D eigenvalue weighted by Crippen LogP contribution is 2.28. The summed E-state index contributed by atoms with van der Waals surface area (Å²) in [4.78, 5) is 28.8. The number of hydrogen-bond acceptors (Lipinski definition) is 7. The van der Waals surface area contributed by atoms with Gasteiger partial charge in [-0.2, -0.15) is 0 Å². The van der Waals surface area contributed by atoms with Crippen molar-refractivity contribution in [2.45, 2.75) is 65.0 Å². The summed E-state index contributed by atoms with van der Waals surface area (Å²) in [5.74, 6) is 0.753. The normalized spacial score (nSPS) is 13.4. The Bertz CT molecular complexity index is 1230. The lowest BCUT2D eigenvalue weighted by molar-refractivity contribution is -0.129. The molecule has 3 N–H and O–H groups in total. The first-order chi connectivity index (χ1) is 18.4. The molecule has 204 valence electrons. The SMILES string of the molecule is CCOc1cc(Cc2nnc(C(CC)NC(=O)C(CCCc3ccccc3)C(C)O)c(=O)[nH]2)ccc1OC. The largest absolute Gasteiger partial charge is 0.493 e. The van der Waals surface area contributed by atoms with Gasteiger partial charge in [0.25, 0.3) is 5.56 Å². The van der Waals surface area contributed by atoms with E-state index in [1.807, 2.05) is 56.3 Å². The van der Waals surface area contributed by atoms with Crippen LogP contribution in [0.2, 0.25) is 0 Å². The van der Waals surface area contributed by atoms with Gasteiger partial charge in [-0.05, 0) is 62.8 Å². The van der Waals surface area contributed by atoms with E-state index >= 15 is 0 Å². The molecule has 1 aromatic heterocycles. The van der Waals surface area contributed by atoms with Crippen LogP contribution in [0.15, 0.2) is 53.3 Å². The number of H-pyrrole nitrogens is 1. The number of hydrogen-bond donors (Lipinski definition) is 3. The van der Waals surface area contributed by atoms with Crippen molar-refractivity contribution in [3.63, 3.8) is 0 Å². The van der Waals surface area contributed by atoms with Crippen LogP contribution in [0.3, 0.4) is 0 Å². The highest BCUT2D eigenvalue weighted by Gasteiger charge is 2.27. The van der Waals surface area contributed by atoms with Crippen molar-refractivity contribution < 1.29 is 19.4 Å².